The molecule has 92 valence electrons. The van der Waals surface area contributed by atoms with Gasteiger partial charge in [0.1, 0.15) is 5.78 Å². The molecule has 1 heterocycles. The first-order chi connectivity index (χ1) is 8.25. The Hall–Kier alpha value is -1.15. The summed E-state index contributed by atoms with van der Waals surface area (Å²) in [7, 11) is 0. The molecule has 2 nitrogen and oxygen atoms in total. The Morgan fingerprint density at radius 1 is 1.24 bits per heavy atom. The van der Waals surface area contributed by atoms with Crippen LogP contribution in [0.5, 0.6) is 0 Å². The quantitative estimate of drug-likeness (QED) is 0.794. The predicted octanol–water partition coefficient (Wildman–Crippen LogP) is 2.85. The Bertz CT molecular complexity index is 352. The highest BCUT2D eigenvalue weighted by atomic mass is 16.1. The molecule has 0 spiro atoms. The fourth-order valence-electron chi connectivity index (χ4n) is 2.53. The van der Waals surface area contributed by atoms with Gasteiger partial charge in [-0.05, 0) is 44.3 Å². The number of likely N-dealkylation sites (tertiary alicyclic amines) is 1. The summed E-state index contributed by atoms with van der Waals surface area (Å²) >= 11 is 0. The van der Waals surface area contributed by atoms with Crippen molar-refractivity contribution in [3.05, 3.63) is 35.9 Å². The van der Waals surface area contributed by atoms with E-state index in [9.17, 15) is 4.79 Å². The van der Waals surface area contributed by atoms with E-state index >= 15 is 0 Å². The van der Waals surface area contributed by atoms with Crippen molar-refractivity contribution < 1.29 is 4.79 Å². The van der Waals surface area contributed by atoms with Crippen molar-refractivity contribution >= 4 is 5.78 Å². The number of ketones is 1. The Balaban J connectivity index is 1.80. The molecule has 17 heavy (non-hydrogen) atoms. The van der Waals surface area contributed by atoms with Crippen molar-refractivity contribution in [2.24, 2.45) is 0 Å². The van der Waals surface area contributed by atoms with Crippen LogP contribution in [0.2, 0.25) is 0 Å². The molecule has 1 aromatic rings. The van der Waals surface area contributed by atoms with E-state index in [1.54, 1.807) is 6.92 Å². The lowest BCUT2D eigenvalue weighted by molar-refractivity contribution is -0.117. The van der Waals surface area contributed by atoms with Gasteiger partial charge < -0.3 is 4.90 Å². The van der Waals surface area contributed by atoms with E-state index in [-0.39, 0.29) is 0 Å². The van der Waals surface area contributed by atoms with Crippen molar-refractivity contribution in [3.63, 3.8) is 0 Å². The highest BCUT2D eigenvalue weighted by Gasteiger charge is 2.20. The summed E-state index contributed by atoms with van der Waals surface area (Å²) in [6.45, 7) is 4.88. The number of nitrogens with zero attached hydrogens (tertiary/aromatic N) is 1. The van der Waals surface area contributed by atoms with Gasteiger partial charge in [0, 0.05) is 13.0 Å². The maximum atomic E-state index is 10.9. The molecule has 1 aromatic carbocycles. The van der Waals surface area contributed by atoms with Crippen LogP contribution in [0.3, 0.4) is 0 Å². The molecular weight excluding hydrogens is 210 g/mol. The van der Waals surface area contributed by atoms with Gasteiger partial charge in [0.25, 0.3) is 0 Å². The number of Topliss-reactive ketones (excluding diaryl/α,β-unsaturated/α-hetero) is 1. The van der Waals surface area contributed by atoms with Crippen molar-refractivity contribution in [3.8, 4) is 0 Å². The minimum atomic E-state index is 0.301. The third-order valence-corrected chi connectivity index (χ3v) is 3.64. The van der Waals surface area contributed by atoms with Crippen LogP contribution >= 0.6 is 0 Å². The lowest BCUT2D eigenvalue weighted by Gasteiger charge is -2.31. The van der Waals surface area contributed by atoms with Crippen molar-refractivity contribution in [1.29, 1.82) is 0 Å². The zero-order valence-electron chi connectivity index (χ0n) is 10.6. The lowest BCUT2D eigenvalue weighted by atomic mass is 9.89. The van der Waals surface area contributed by atoms with E-state index in [1.165, 1.54) is 18.4 Å². The molecule has 0 aromatic heterocycles. The number of benzene rings is 1. The van der Waals surface area contributed by atoms with Gasteiger partial charge in [0.2, 0.25) is 0 Å². The Kier molecular flexibility index (Phi) is 4.32. The number of hydrogen-bond acceptors (Lipinski definition) is 2. The molecule has 0 amide bonds. The van der Waals surface area contributed by atoms with Gasteiger partial charge in [0.05, 0.1) is 0 Å². The standard InChI is InChI=1S/C15H21NO/c1-13(17)7-10-16-11-8-15(9-12-16)14-5-3-2-4-6-14/h2-6,15H,7-12H2,1H3. The minimum Gasteiger partial charge on any atom is -0.303 e. The molecule has 1 aliphatic rings. The summed E-state index contributed by atoms with van der Waals surface area (Å²) in [4.78, 5) is 13.4. The van der Waals surface area contributed by atoms with E-state index in [4.69, 9.17) is 0 Å². The largest absolute Gasteiger partial charge is 0.303 e. The van der Waals surface area contributed by atoms with Gasteiger partial charge in [-0.3, -0.25) is 4.79 Å². The maximum absolute atomic E-state index is 10.9. The average Bonchev–Trinajstić information content (AvgIpc) is 2.38. The Morgan fingerprint density at radius 2 is 1.88 bits per heavy atom. The molecule has 0 saturated carbocycles. The third kappa shape index (κ3) is 3.67. The van der Waals surface area contributed by atoms with Gasteiger partial charge in [0.15, 0.2) is 0 Å². The number of carbonyl (C=O) groups excluding carboxylic acids is 1. The van der Waals surface area contributed by atoms with Crippen LogP contribution in [0.1, 0.15) is 37.7 Å². The molecule has 0 bridgehead atoms. The number of rotatable bonds is 4. The summed E-state index contributed by atoms with van der Waals surface area (Å²) in [6.07, 6.45) is 3.15. The van der Waals surface area contributed by atoms with Crippen LogP contribution in [-0.4, -0.2) is 30.3 Å². The molecule has 2 heteroatoms. The van der Waals surface area contributed by atoms with Crippen LogP contribution in [0.15, 0.2) is 30.3 Å². The van der Waals surface area contributed by atoms with E-state index in [2.05, 4.69) is 35.2 Å². The highest BCUT2D eigenvalue weighted by Crippen LogP contribution is 2.27. The van der Waals surface area contributed by atoms with E-state index in [1.807, 2.05) is 0 Å². The van der Waals surface area contributed by atoms with Crippen molar-refractivity contribution in [2.75, 3.05) is 19.6 Å². The van der Waals surface area contributed by atoms with Crippen LogP contribution in [0.25, 0.3) is 0 Å². The zero-order valence-corrected chi connectivity index (χ0v) is 10.6. The smallest absolute Gasteiger partial charge is 0.131 e. The lowest BCUT2D eigenvalue weighted by Crippen LogP contribution is -2.34. The van der Waals surface area contributed by atoms with Crippen molar-refractivity contribution in [2.45, 2.75) is 32.1 Å². The normalized spacial score (nSPS) is 18.2. The summed E-state index contributed by atoms with van der Waals surface area (Å²) < 4.78 is 0. The summed E-state index contributed by atoms with van der Waals surface area (Å²) in [5.74, 6) is 1.01. The molecule has 0 unspecified atom stereocenters. The van der Waals surface area contributed by atoms with Crippen molar-refractivity contribution in [1.82, 2.24) is 4.90 Å². The molecular formula is C15H21NO. The fraction of sp³-hybridized carbons (Fsp3) is 0.533. The molecule has 1 saturated heterocycles. The first-order valence-electron chi connectivity index (χ1n) is 6.52. The first kappa shape index (κ1) is 12.3. The van der Waals surface area contributed by atoms with Gasteiger partial charge >= 0.3 is 0 Å². The highest BCUT2D eigenvalue weighted by molar-refractivity contribution is 5.75. The number of hydrogen-bond donors (Lipinski definition) is 0. The SMILES string of the molecule is CC(=O)CCN1CCC(c2ccccc2)CC1. The molecule has 2 rings (SSSR count). The Morgan fingerprint density at radius 3 is 2.47 bits per heavy atom. The second kappa shape index (κ2) is 5.97. The molecule has 1 aliphatic heterocycles. The van der Waals surface area contributed by atoms with Gasteiger partial charge in [-0.1, -0.05) is 30.3 Å². The second-order valence-corrected chi connectivity index (χ2v) is 4.98. The van der Waals surface area contributed by atoms with Crippen LogP contribution in [-0.2, 0) is 4.79 Å². The predicted molar refractivity (Wildman–Crippen MR) is 70.2 cm³/mol. The maximum Gasteiger partial charge on any atom is 0.131 e. The minimum absolute atomic E-state index is 0.301. The molecule has 0 N–H and O–H groups in total. The molecule has 1 fully saturated rings. The second-order valence-electron chi connectivity index (χ2n) is 4.98. The van der Waals surface area contributed by atoms with Crippen LogP contribution < -0.4 is 0 Å². The van der Waals surface area contributed by atoms with E-state index in [0.717, 1.165) is 19.6 Å². The molecule has 0 radical (unpaired) electrons. The first-order valence-corrected chi connectivity index (χ1v) is 6.52. The van der Waals surface area contributed by atoms with Gasteiger partial charge in [-0.25, -0.2) is 0 Å². The van der Waals surface area contributed by atoms with Crippen LogP contribution in [0, 0.1) is 0 Å². The summed E-state index contributed by atoms with van der Waals surface area (Å²) in [5, 5.41) is 0. The molecule has 0 aliphatic carbocycles. The third-order valence-electron chi connectivity index (χ3n) is 3.64. The summed E-state index contributed by atoms with van der Waals surface area (Å²) in [5.41, 5.74) is 1.47. The topological polar surface area (TPSA) is 20.3 Å². The van der Waals surface area contributed by atoms with Crippen LogP contribution in [0.4, 0.5) is 0 Å². The van der Waals surface area contributed by atoms with Gasteiger partial charge in [-0.15, -0.1) is 0 Å². The zero-order chi connectivity index (χ0) is 12.1. The monoisotopic (exact) mass is 231 g/mol. The summed E-state index contributed by atoms with van der Waals surface area (Å²) in [6, 6.07) is 10.8. The van der Waals surface area contributed by atoms with E-state index in [0.29, 0.717) is 18.1 Å². The molecule has 0 atom stereocenters. The average molecular weight is 231 g/mol. The number of piperidine rings is 1. The number of carbonyl (C=O) groups is 1. The van der Waals surface area contributed by atoms with E-state index < -0.39 is 0 Å². The van der Waals surface area contributed by atoms with Gasteiger partial charge in [-0.2, -0.15) is 0 Å². The fourth-order valence-corrected chi connectivity index (χ4v) is 2.53. The Labute approximate surface area is 104 Å².